The molecule has 1 fully saturated rings. The summed E-state index contributed by atoms with van der Waals surface area (Å²) in [6.07, 6.45) is -2.81. The number of phenolic OH excluding ortho intramolecular Hbond substituents is 2. The lowest BCUT2D eigenvalue weighted by molar-refractivity contribution is 0.0728. The van der Waals surface area contributed by atoms with E-state index in [4.69, 9.17) is 0 Å². The smallest absolute Gasteiger partial charge is 0.240 e. The molecule has 0 saturated carbocycles. The van der Waals surface area contributed by atoms with E-state index in [1.54, 1.807) is 12.1 Å². The van der Waals surface area contributed by atoms with E-state index in [0.717, 1.165) is 13.1 Å². The molecule has 1 heterocycles. The van der Waals surface area contributed by atoms with E-state index >= 15 is 0 Å². The first-order valence-electron chi connectivity index (χ1n) is 6.33. The van der Waals surface area contributed by atoms with Gasteiger partial charge in [0.15, 0.2) is 11.5 Å². The molecule has 1 saturated heterocycles. The second-order valence-electron chi connectivity index (χ2n) is 4.64. The van der Waals surface area contributed by atoms with Gasteiger partial charge in [0.05, 0.1) is 0 Å². The van der Waals surface area contributed by atoms with Crippen molar-refractivity contribution in [3.05, 3.63) is 23.8 Å². The van der Waals surface area contributed by atoms with Gasteiger partial charge in [-0.3, -0.25) is 4.90 Å². The highest BCUT2D eigenvalue weighted by atomic mass is 35.5. The molecule has 4 nitrogen and oxygen atoms in total. The number of piperazine rings is 1. The van der Waals surface area contributed by atoms with Crippen molar-refractivity contribution in [1.29, 1.82) is 0 Å². The van der Waals surface area contributed by atoms with Crippen LogP contribution in [-0.2, 0) is 0 Å². The predicted octanol–water partition coefficient (Wildman–Crippen LogP) is 2.12. The number of hydrogen-bond donors (Lipinski definition) is 3. The van der Waals surface area contributed by atoms with Crippen molar-refractivity contribution in [1.82, 2.24) is 10.2 Å². The fraction of sp³-hybridized carbons (Fsp3) is 0.538. The van der Waals surface area contributed by atoms with Crippen LogP contribution in [-0.4, -0.2) is 47.7 Å². The third kappa shape index (κ3) is 3.94. The normalized spacial score (nSPS) is 17.8. The summed E-state index contributed by atoms with van der Waals surface area (Å²) in [5, 5.41) is 22.5. The molecule has 0 bridgehead atoms. The lowest BCUT2D eigenvalue weighted by atomic mass is 10.00. The minimum atomic E-state index is -2.46. The van der Waals surface area contributed by atoms with Gasteiger partial charge in [0.25, 0.3) is 0 Å². The average Bonchev–Trinajstić information content (AvgIpc) is 2.40. The van der Waals surface area contributed by atoms with Crippen LogP contribution >= 0.6 is 12.4 Å². The fourth-order valence-corrected chi connectivity index (χ4v) is 2.45. The molecule has 20 heavy (non-hydrogen) atoms. The number of alkyl halides is 2. The van der Waals surface area contributed by atoms with Gasteiger partial charge < -0.3 is 15.5 Å². The largest absolute Gasteiger partial charge is 0.504 e. The highest BCUT2D eigenvalue weighted by Gasteiger charge is 2.28. The van der Waals surface area contributed by atoms with Crippen LogP contribution in [0.1, 0.15) is 18.0 Å². The molecule has 0 amide bonds. The number of nitrogens with one attached hydrogen (secondary N) is 1. The van der Waals surface area contributed by atoms with Gasteiger partial charge in [-0.1, -0.05) is 12.1 Å². The van der Waals surface area contributed by atoms with Gasteiger partial charge in [0.1, 0.15) is 0 Å². The van der Waals surface area contributed by atoms with Crippen LogP contribution in [0.15, 0.2) is 18.2 Å². The molecule has 1 aliphatic rings. The molecule has 0 radical (unpaired) electrons. The first-order chi connectivity index (χ1) is 9.09. The molecule has 1 aliphatic heterocycles. The van der Waals surface area contributed by atoms with Crippen LogP contribution in [0.3, 0.4) is 0 Å². The maximum atomic E-state index is 12.8. The molecule has 0 aliphatic carbocycles. The maximum absolute atomic E-state index is 12.8. The van der Waals surface area contributed by atoms with Gasteiger partial charge in [-0.05, 0) is 6.07 Å². The molecule has 0 unspecified atom stereocenters. The van der Waals surface area contributed by atoms with Gasteiger partial charge in [-0.25, -0.2) is 8.78 Å². The molecule has 0 aromatic heterocycles. The van der Waals surface area contributed by atoms with E-state index in [1.165, 1.54) is 6.07 Å². The fourth-order valence-electron chi connectivity index (χ4n) is 2.45. The summed E-state index contributed by atoms with van der Waals surface area (Å²) < 4.78 is 25.5. The first kappa shape index (κ1) is 16.9. The summed E-state index contributed by atoms with van der Waals surface area (Å²) in [6.45, 7) is 2.76. The van der Waals surface area contributed by atoms with E-state index in [9.17, 15) is 19.0 Å². The van der Waals surface area contributed by atoms with Crippen LogP contribution in [0.25, 0.3) is 0 Å². The van der Waals surface area contributed by atoms with Crippen molar-refractivity contribution in [3.8, 4) is 11.5 Å². The molecular weight excluding hydrogens is 290 g/mol. The molecule has 1 aromatic carbocycles. The third-order valence-electron chi connectivity index (χ3n) is 3.40. The number of halogens is 3. The summed E-state index contributed by atoms with van der Waals surface area (Å²) in [5.74, 6) is -0.571. The van der Waals surface area contributed by atoms with Gasteiger partial charge in [-0.15, -0.1) is 12.4 Å². The molecular formula is C13H19ClF2N2O2. The van der Waals surface area contributed by atoms with Crippen LogP contribution < -0.4 is 5.32 Å². The number of phenols is 2. The van der Waals surface area contributed by atoms with Gasteiger partial charge in [0.2, 0.25) is 6.43 Å². The summed E-state index contributed by atoms with van der Waals surface area (Å²) in [4.78, 5) is 1.91. The lowest BCUT2D eigenvalue weighted by Crippen LogP contribution is -2.45. The maximum Gasteiger partial charge on any atom is 0.240 e. The zero-order chi connectivity index (χ0) is 13.8. The second kappa shape index (κ2) is 7.61. The number of rotatable bonds is 4. The Morgan fingerprint density at radius 3 is 2.45 bits per heavy atom. The lowest BCUT2D eigenvalue weighted by Gasteiger charge is -2.35. The van der Waals surface area contributed by atoms with Crippen molar-refractivity contribution in [2.75, 3.05) is 26.2 Å². The minimum absolute atomic E-state index is 0. The summed E-state index contributed by atoms with van der Waals surface area (Å²) in [7, 11) is 0. The predicted molar refractivity (Wildman–Crippen MR) is 74.8 cm³/mol. The molecule has 1 atom stereocenters. The number of hydrogen-bond acceptors (Lipinski definition) is 4. The Morgan fingerprint density at radius 2 is 1.85 bits per heavy atom. The van der Waals surface area contributed by atoms with E-state index in [2.05, 4.69) is 5.32 Å². The van der Waals surface area contributed by atoms with Crippen molar-refractivity contribution in [2.24, 2.45) is 0 Å². The van der Waals surface area contributed by atoms with Crippen LogP contribution in [0.5, 0.6) is 11.5 Å². The summed E-state index contributed by atoms with van der Waals surface area (Å²) in [5.41, 5.74) is 0.363. The topological polar surface area (TPSA) is 55.7 Å². The van der Waals surface area contributed by atoms with E-state index in [0.29, 0.717) is 18.7 Å². The second-order valence-corrected chi connectivity index (χ2v) is 4.64. The van der Waals surface area contributed by atoms with E-state index in [1.807, 2.05) is 4.90 Å². The molecule has 3 N–H and O–H groups in total. The molecule has 2 rings (SSSR count). The van der Waals surface area contributed by atoms with Crippen molar-refractivity contribution < 1.29 is 19.0 Å². The van der Waals surface area contributed by atoms with E-state index < -0.39 is 12.5 Å². The summed E-state index contributed by atoms with van der Waals surface area (Å²) in [6, 6.07) is 3.92. The zero-order valence-corrected chi connectivity index (χ0v) is 11.7. The van der Waals surface area contributed by atoms with Gasteiger partial charge in [-0.2, -0.15) is 0 Å². The SMILES string of the molecule is Cl.Oc1cccc([C@H](CC(F)F)N2CCNCC2)c1O. The standard InChI is InChI=1S/C13H18F2N2O2.ClH/c14-12(15)8-10(17-6-4-16-5-7-17)9-2-1-3-11(18)13(9)19;/h1-3,10,12,16,18-19H,4-8H2;1H/t10-;/m0./s1. The highest BCUT2D eigenvalue weighted by molar-refractivity contribution is 5.85. The number of aromatic hydroxyl groups is 2. The number of nitrogens with zero attached hydrogens (tertiary/aromatic N) is 1. The van der Waals surface area contributed by atoms with Crippen LogP contribution in [0.2, 0.25) is 0 Å². The third-order valence-corrected chi connectivity index (χ3v) is 3.40. The van der Waals surface area contributed by atoms with Crippen molar-refractivity contribution >= 4 is 12.4 Å². The highest BCUT2D eigenvalue weighted by Crippen LogP contribution is 2.38. The number of para-hydroxylation sites is 1. The van der Waals surface area contributed by atoms with Crippen LogP contribution in [0.4, 0.5) is 8.78 Å². The van der Waals surface area contributed by atoms with Crippen molar-refractivity contribution in [3.63, 3.8) is 0 Å². The molecule has 7 heteroatoms. The summed E-state index contributed by atoms with van der Waals surface area (Å²) >= 11 is 0. The Labute approximate surface area is 122 Å². The quantitative estimate of drug-likeness (QED) is 0.746. The van der Waals surface area contributed by atoms with Crippen molar-refractivity contribution in [2.45, 2.75) is 18.9 Å². The Bertz CT molecular complexity index is 429. The Morgan fingerprint density at radius 1 is 1.20 bits per heavy atom. The van der Waals surface area contributed by atoms with Gasteiger partial charge in [0, 0.05) is 44.2 Å². The van der Waals surface area contributed by atoms with E-state index in [-0.39, 0.29) is 30.3 Å². The van der Waals surface area contributed by atoms with Crippen LogP contribution in [0, 0.1) is 0 Å². The molecule has 1 aromatic rings. The molecule has 114 valence electrons. The first-order valence-corrected chi connectivity index (χ1v) is 6.33. The average molecular weight is 309 g/mol. The Balaban J connectivity index is 0.00000200. The van der Waals surface area contributed by atoms with Gasteiger partial charge >= 0.3 is 0 Å². The number of benzene rings is 1. The minimum Gasteiger partial charge on any atom is -0.504 e. The zero-order valence-electron chi connectivity index (χ0n) is 10.9. The monoisotopic (exact) mass is 308 g/mol. The Hall–Kier alpha value is -1.11. The Kier molecular flexibility index (Phi) is 6.45. The molecule has 0 spiro atoms.